The molecule has 0 saturated heterocycles. The van der Waals surface area contributed by atoms with Crippen LogP contribution in [0.3, 0.4) is 0 Å². The fraction of sp³-hybridized carbons (Fsp3) is 0.0800. The molecule has 8 nitrogen and oxygen atoms in total. The van der Waals surface area contributed by atoms with Crippen LogP contribution in [-0.2, 0) is 13.1 Å². The van der Waals surface area contributed by atoms with Gasteiger partial charge in [0.15, 0.2) is 11.5 Å². The Hall–Kier alpha value is -4.43. The summed E-state index contributed by atoms with van der Waals surface area (Å²) in [5.41, 5.74) is 7.49. The number of nitrogens with zero attached hydrogens (tertiary/aromatic N) is 5. The van der Waals surface area contributed by atoms with Crippen molar-refractivity contribution in [2.75, 3.05) is 0 Å². The van der Waals surface area contributed by atoms with E-state index in [1.807, 2.05) is 30.7 Å². The second-order valence-corrected chi connectivity index (χ2v) is 7.84. The largest absolute Gasteiger partial charge is 0.335 e. The van der Waals surface area contributed by atoms with Crippen molar-refractivity contribution in [2.24, 2.45) is 0 Å². The van der Waals surface area contributed by atoms with E-state index in [0.29, 0.717) is 11.5 Å². The summed E-state index contributed by atoms with van der Waals surface area (Å²) in [6.45, 7) is 1.54. The topological polar surface area (TPSA) is 108 Å². The highest BCUT2D eigenvalue weighted by molar-refractivity contribution is 5.93. The zero-order valence-corrected chi connectivity index (χ0v) is 17.7. The van der Waals surface area contributed by atoms with E-state index in [9.17, 15) is 0 Å². The number of hydrogen-bond donors (Lipinski definition) is 3. The van der Waals surface area contributed by atoms with E-state index in [1.165, 1.54) is 5.56 Å². The molecule has 0 fully saturated rings. The van der Waals surface area contributed by atoms with Crippen molar-refractivity contribution < 1.29 is 0 Å². The van der Waals surface area contributed by atoms with Crippen LogP contribution in [0, 0.1) is 0 Å². The van der Waals surface area contributed by atoms with Crippen molar-refractivity contribution in [3.63, 3.8) is 0 Å². The van der Waals surface area contributed by atoms with E-state index in [1.54, 1.807) is 12.4 Å². The van der Waals surface area contributed by atoms with Crippen LogP contribution in [0.4, 0.5) is 0 Å². The molecular weight excluding hydrogens is 412 g/mol. The molecule has 0 bridgehead atoms. The third-order valence-electron chi connectivity index (χ3n) is 5.55. The fourth-order valence-electron chi connectivity index (χ4n) is 3.90. The van der Waals surface area contributed by atoms with Gasteiger partial charge in [-0.05, 0) is 29.3 Å². The van der Waals surface area contributed by atoms with E-state index < -0.39 is 0 Å². The van der Waals surface area contributed by atoms with E-state index in [2.05, 4.69) is 76.8 Å². The van der Waals surface area contributed by atoms with Crippen LogP contribution >= 0.6 is 0 Å². The van der Waals surface area contributed by atoms with Crippen LogP contribution < -0.4 is 5.32 Å². The average Bonchev–Trinajstić information content (AvgIpc) is 3.48. The molecule has 0 aliphatic carbocycles. The van der Waals surface area contributed by atoms with Gasteiger partial charge in [0.05, 0.1) is 22.6 Å². The molecule has 0 spiro atoms. The first-order chi connectivity index (χ1) is 16.3. The van der Waals surface area contributed by atoms with Crippen molar-refractivity contribution in [2.45, 2.75) is 13.1 Å². The zero-order chi connectivity index (χ0) is 22.0. The summed E-state index contributed by atoms with van der Waals surface area (Å²) in [6.07, 6.45) is 9.07. The monoisotopic (exact) mass is 432 g/mol. The van der Waals surface area contributed by atoms with Gasteiger partial charge in [0.25, 0.3) is 0 Å². The van der Waals surface area contributed by atoms with Gasteiger partial charge in [-0.3, -0.25) is 15.1 Å². The number of fused-ring (bicyclic) bond motifs is 2. The lowest BCUT2D eigenvalue weighted by atomic mass is 10.1. The van der Waals surface area contributed by atoms with Gasteiger partial charge in [0, 0.05) is 49.0 Å². The van der Waals surface area contributed by atoms with Gasteiger partial charge < -0.3 is 10.3 Å². The minimum absolute atomic E-state index is 0.681. The quantitative estimate of drug-likeness (QED) is 0.363. The molecule has 33 heavy (non-hydrogen) atoms. The number of nitrogens with one attached hydrogen (secondary N) is 3. The summed E-state index contributed by atoms with van der Waals surface area (Å²) in [5, 5.41) is 11.8. The van der Waals surface area contributed by atoms with E-state index >= 15 is 0 Å². The van der Waals surface area contributed by atoms with Crippen LogP contribution in [0.5, 0.6) is 0 Å². The van der Waals surface area contributed by atoms with Crippen LogP contribution in [0.25, 0.3) is 44.7 Å². The molecule has 160 valence electrons. The van der Waals surface area contributed by atoms with Gasteiger partial charge in [0.1, 0.15) is 5.69 Å². The van der Waals surface area contributed by atoms with Crippen LogP contribution in [0.2, 0.25) is 0 Å². The summed E-state index contributed by atoms with van der Waals surface area (Å²) >= 11 is 0. The molecule has 3 N–H and O–H groups in total. The molecule has 6 rings (SSSR count). The molecule has 0 amide bonds. The van der Waals surface area contributed by atoms with E-state index in [4.69, 9.17) is 0 Å². The second kappa shape index (κ2) is 8.25. The predicted octanol–water partition coefficient (Wildman–Crippen LogP) is 4.25. The highest BCUT2D eigenvalue weighted by Crippen LogP contribution is 2.29. The van der Waals surface area contributed by atoms with Gasteiger partial charge in [-0.2, -0.15) is 5.10 Å². The molecule has 5 heterocycles. The van der Waals surface area contributed by atoms with Crippen molar-refractivity contribution in [3.05, 3.63) is 90.6 Å². The normalized spacial score (nSPS) is 11.4. The molecule has 0 aliphatic heterocycles. The van der Waals surface area contributed by atoms with Crippen molar-refractivity contribution in [1.29, 1.82) is 0 Å². The number of H-pyrrole nitrogens is 2. The third kappa shape index (κ3) is 3.83. The average molecular weight is 432 g/mol. The Balaban J connectivity index is 1.28. The first kappa shape index (κ1) is 19.3. The lowest BCUT2D eigenvalue weighted by Crippen LogP contribution is -2.12. The number of pyridine rings is 3. The third-order valence-corrected chi connectivity index (χ3v) is 5.55. The first-order valence-electron chi connectivity index (χ1n) is 10.7. The Morgan fingerprint density at radius 2 is 1.70 bits per heavy atom. The highest BCUT2D eigenvalue weighted by atomic mass is 15.2. The molecule has 0 saturated carbocycles. The van der Waals surface area contributed by atoms with Gasteiger partial charge >= 0.3 is 0 Å². The van der Waals surface area contributed by atoms with Gasteiger partial charge in [0.2, 0.25) is 0 Å². The molecular formula is C25H20N8. The molecule has 1 aromatic carbocycles. The lowest BCUT2D eigenvalue weighted by Gasteiger charge is -2.07. The Morgan fingerprint density at radius 3 is 2.61 bits per heavy atom. The van der Waals surface area contributed by atoms with Gasteiger partial charge in [-0.1, -0.05) is 30.3 Å². The standard InChI is InChI=1S/C25H20N8/c1-2-4-16(5-3-1)10-27-11-17-8-18(13-28-12-17)19-9-20-23(32-33-24(20)29-14-19)25-30-21-6-7-26-15-22(21)31-25/h1-9,12-15,27H,10-11H2,(H,30,31)(H,29,32,33). The summed E-state index contributed by atoms with van der Waals surface area (Å²) in [5.74, 6) is 0.681. The Kier molecular flexibility index (Phi) is 4.82. The summed E-state index contributed by atoms with van der Waals surface area (Å²) in [7, 11) is 0. The number of imidazole rings is 1. The van der Waals surface area contributed by atoms with Crippen molar-refractivity contribution in [1.82, 2.24) is 40.4 Å². The van der Waals surface area contributed by atoms with Gasteiger partial charge in [-0.15, -0.1) is 0 Å². The van der Waals surface area contributed by atoms with E-state index in [-0.39, 0.29) is 0 Å². The smallest absolute Gasteiger partial charge is 0.159 e. The maximum atomic E-state index is 4.65. The second-order valence-electron chi connectivity index (χ2n) is 7.84. The fourth-order valence-corrected chi connectivity index (χ4v) is 3.90. The number of rotatable bonds is 6. The highest BCUT2D eigenvalue weighted by Gasteiger charge is 2.14. The zero-order valence-electron chi connectivity index (χ0n) is 17.7. The number of aromatic nitrogens is 7. The molecule has 6 aromatic rings. The number of benzene rings is 1. The number of aromatic amines is 2. The maximum absolute atomic E-state index is 4.65. The predicted molar refractivity (Wildman–Crippen MR) is 127 cm³/mol. The maximum Gasteiger partial charge on any atom is 0.159 e. The summed E-state index contributed by atoms with van der Waals surface area (Å²) in [4.78, 5) is 21.1. The summed E-state index contributed by atoms with van der Waals surface area (Å²) in [6, 6.07) is 16.4. The Bertz CT molecular complexity index is 1520. The Labute approximate surface area is 189 Å². The molecule has 8 heteroatoms. The van der Waals surface area contributed by atoms with Gasteiger partial charge in [-0.25, -0.2) is 9.97 Å². The minimum atomic E-state index is 0.681. The van der Waals surface area contributed by atoms with Crippen LogP contribution in [-0.4, -0.2) is 35.1 Å². The van der Waals surface area contributed by atoms with Crippen molar-refractivity contribution in [3.8, 4) is 22.6 Å². The molecule has 0 radical (unpaired) electrons. The minimum Gasteiger partial charge on any atom is -0.335 e. The molecule has 0 aliphatic rings. The lowest BCUT2D eigenvalue weighted by molar-refractivity contribution is 0.691. The first-order valence-corrected chi connectivity index (χ1v) is 10.7. The summed E-state index contributed by atoms with van der Waals surface area (Å²) < 4.78 is 0. The van der Waals surface area contributed by atoms with Crippen LogP contribution in [0.1, 0.15) is 11.1 Å². The van der Waals surface area contributed by atoms with E-state index in [0.717, 1.165) is 51.9 Å². The van der Waals surface area contributed by atoms with Crippen LogP contribution in [0.15, 0.2) is 79.5 Å². The molecule has 0 atom stereocenters. The Morgan fingerprint density at radius 1 is 0.818 bits per heavy atom. The molecule has 5 aromatic heterocycles. The SMILES string of the molecule is c1ccc(CNCc2cncc(-c3cnc4[nH]nc(-c5nc6ccncc6[nH]5)c4c3)c2)cc1. The number of hydrogen-bond acceptors (Lipinski definition) is 6. The van der Waals surface area contributed by atoms with Crippen molar-refractivity contribution >= 4 is 22.1 Å². The molecule has 0 unspecified atom stereocenters.